The number of esters is 2. The van der Waals surface area contributed by atoms with Crippen LogP contribution in [0.2, 0.25) is 0 Å². The molecule has 51 heavy (non-hydrogen) atoms. The van der Waals surface area contributed by atoms with Crippen LogP contribution in [0.25, 0.3) is 0 Å². The molecule has 0 saturated heterocycles. The Morgan fingerprint density at radius 1 is 0.588 bits per heavy atom. The van der Waals surface area contributed by atoms with Crippen molar-refractivity contribution in [3.05, 3.63) is 24.3 Å². The maximum absolute atomic E-state index is 12.7. The quantitative estimate of drug-likeness (QED) is 0.0634. The second kappa shape index (κ2) is 21.8. The molecule has 0 radical (unpaired) electrons. The van der Waals surface area contributed by atoms with Gasteiger partial charge in [0.1, 0.15) is 0 Å². The van der Waals surface area contributed by atoms with E-state index in [1.165, 1.54) is 0 Å². The Labute approximate surface area is 311 Å². The molecule has 0 amide bonds. The molecule has 0 aliphatic heterocycles. The minimum absolute atomic E-state index is 0.0708. The van der Waals surface area contributed by atoms with Crippen LogP contribution in [0.5, 0.6) is 0 Å². The molecule has 0 aromatic carbocycles. The molecule has 0 bridgehead atoms. The summed E-state index contributed by atoms with van der Waals surface area (Å²) < 4.78 is 10.8. The number of hydrogen-bond acceptors (Lipinski definition) is 6. The first-order valence-corrected chi connectivity index (χ1v) is 19.5. The van der Waals surface area contributed by atoms with Gasteiger partial charge in [-0.15, -0.1) is 0 Å². The lowest BCUT2D eigenvalue weighted by Gasteiger charge is -2.41. The SMILES string of the molecule is CCC(C)(C)CC(C)(CC)CC=CCC(CC(=O)OCC(C)(C)COC(=O)CC(CC=CCC(CC)(CC)CC(C)(C)C(C)C)C(=O)O)C(=O)O. The summed E-state index contributed by atoms with van der Waals surface area (Å²) in [6.45, 7) is 28.2. The molecule has 0 aromatic heterocycles. The number of carbonyl (C=O) groups is 4. The van der Waals surface area contributed by atoms with Gasteiger partial charge in [0, 0.05) is 5.41 Å². The Balaban J connectivity index is 5.02. The average molecular weight is 721 g/mol. The number of carbonyl (C=O) groups excluding carboxylic acids is 2. The Kier molecular flexibility index (Phi) is 20.7. The van der Waals surface area contributed by atoms with Crippen LogP contribution >= 0.6 is 0 Å². The molecule has 3 unspecified atom stereocenters. The zero-order chi connectivity index (χ0) is 39.7. The summed E-state index contributed by atoms with van der Waals surface area (Å²) in [5.74, 6) is -4.60. The van der Waals surface area contributed by atoms with E-state index < -0.39 is 41.1 Å². The van der Waals surface area contributed by atoms with Crippen molar-refractivity contribution in [2.24, 2.45) is 44.8 Å². The summed E-state index contributed by atoms with van der Waals surface area (Å²) >= 11 is 0. The van der Waals surface area contributed by atoms with Gasteiger partial charge in [0.25, 0.3) is 0 Å². The lowest BCUT2D eigenvalue weighted by molar-refractivity contribution is -0.158. The van der Waals surface area contributed by atoms with Crippen molar-refractivity contribution >= 4 is 23.9 Å². The van der Waals surface area contributed by atoms with Crippen molar-refractivity contribution in [2.45, 2.75) is 167 Å². The van der Waals surface area contributed by atoms with E-state index >= 15 is 0 Å². The zero-order valence-corrected chi connectivity index (χ0v) is 34.8. The van der Waals surface area contributed by atoms with Crippen LogP contribution in [-0.4, -0.2) is 47.3 Å². The number of hydrogen-bond donors (Lipinski definition) is 2. The van der Waals surface area contributed by atoms with Crippen molar-refractivity contribution < 1.29 is 38.9 Å². The minimum Gasteiger partial charge on any atom is -0.481 e. The van der Waals surface area contributed by atoms with Gasteiger partial charge in [-0.3, -0.25) is 19.2 Å². The second-order valence-electron chi connectivity index (χ2n) is 18.2. The molecule has 296 valence electrons. The minimum atomic E-state index is -1.05. The van der Waals surface area contributed by atoms with Crippen molar-refractivity contribution in [2.75, 3.05) is 13.2 Å². The van der Waals surface area contributed by atoms with Gasteiger partial charge in [0.15, 0.2) is 0 Å². The molecular weight excluding hydrogens is 644 g/mol. The van der Waals surface area contributed by atoms with E-state index in [9.17, 15) is 29.4 Å². The van der Waals surface area contributed by atoms with Gasteiger partial charge in [-0.25, -0.2) is 0 Å². The Bertz CT molecular complexity index is 1140. The summed E-state index contributed by atoms with van der Waals surface area (Å²) in [5.41, 5.74) is -0.0498. The van der Waals surface area contributed by atoms with Gasteiger partial charge in [-0.1, -0.05) is 140 Å². The summed E-state index contributed by atoms with van der Waals surface area (Å²) in [7, 11) is 0. The Morgan fingerprint density at radius 3 is 1.37 bits per heavy atom. The Morgan fingerprint density at radius 2 is 1.02 bits per heavy atom. The van der Waals surface area contributed by atoms with Crippen LogP contribution < -0.4 is 0 Å². The topological polar surface area (TPSA) is 127 Å². The van der Waals surface area contributed by atoms with Gasteiger partial charge in [-0.05, 0) is 66.1 Å². The molecule has 8 nitrogen and oxygen atoms in total. The van der Waals surface area contributed by atoms with E-state index in [1.807, 2.05) is 18.2 Å². The highest BCUT2D eigenvalue weighted by Crippen LogP contribution is 2.46. The van der Waals surface area contributed by atoms with E-state index in [1.54, 1.807) is 13.8 Å². The molecule has 0 aromatic rings. The summed E-state index contributed by atoms with van der Waals surface area (Å²) in [5, 5.41) is 19.5. The van der Waals surface area contributed by atoms with Gasteiger partial charge >= 0.3 is 23.9 Å². The van der Waals surface area contributed by atoms with Crippen molar-refractivity contribution in [3.63, 3.8) is 0 Å². The Hall–Kier alpha value is -2.64. The largest absolute Gasteiger partial charge is 0.481 e. The van der Waals surface area contributed by atoms with Gasteiger partial charge in [0.05, 0.1) is 37.9 Å². The van der Waals surface area contributed by atoms with Crippen LogP contribution in [0, 0.1) is 44.8 Å². The van der Waals surface area contributed by atoms with Crippen molar-refractivity contribution in [3.8, 4) is 0 Å². The molecular formula is C43H76O8. The molecule has 0 spiro atoms. The van der Waals surface area contributed by atoms with Crippen LogP contribution in [0.15, 0.2) is 24.3 Å². The normalized spacial score (nSPS) is 15.6. The molecule has 2 N–H and O–H groups in total. The molecule has 8 heteroatoms. The predicted octanol–water partition coefficient (Wildman–Crippen LogP) is 11.1. The summed E-state index contributed by atoms with van der Waals surface area (Å²) in [6, 6.07) is 0. The maximum atomic E-state index is 12.7. The predicted molar refractivity (Wildman–Crippen MR) is 207 cm³/mol. The summed E-state index contributed by atoms with van der Waals surface area (Å²) in [4.78, 5) is 49.2. The van der Waals surface area contributed by atoms with Crippen molar-refractivity contribution in [1.29, 1.82) is 0 Å². The molecule has 0 saturated carbocycles. The van der Waals surface area contributed by atoms with Crippen LogP contribution in [0.3, 0.4) is 0 Å². The maximum Gasteiger partial charge on any atom is 0.307 e. The fourth-order valence-corrected chi connectivity index (χ4v) is 6.53. The van der Waals surface area contributed by atoms with Crippen LogP contribution in [0.1, 0.15) is 167 Å². The lowest BCUT2D eigenvalue weighted by atomic mass is 9.64. The standard InChI is InChI=1S/C43H76O8/c1-14-39(7,8)28-42(13,15-2)24-20-18-22-33(37(46)47)26-35(44)50-30-40(9,10)31-51-36(45)27-34(38(48)49)23-19-21-25-43(16-3,17-4)29-41(11,12)32(5)6/h18-21,32-34H,14-17,22-31H2,1-13H3,(H,46,47)(H,48,49). The number of carboxylic acids is 2. The zero-order valence-electron chi connectivity index (χ0n) is 34.8. The third-order valence-corrected chi connectivity index (χ3v) is 11.7. The third-order valence-electron chi connectivity index (χ3n) is 11.7. The van der Waals surface area contributed by atoms with E-state index in [-0.39, 0.29) is 60.6 Å². The van der Waals surface area contributed by atoms with Crippen LogP contribution in [0.4, 0.5) is 0 Å². The van der Waals surface area contributed by atoms with Gasteiger partial charge in [-0.2, -0.15) is 0 Å². The number of ether oxygens (including phenoxy) is 2. The molecule has 0 fully saturated rings. The van der Waals surface area contributed by atoms with Gasteiger partial charge < -0.3 is 19.7 Å². The molecule has 0 heterocycles. The van der Waals surface area contributed by atoms with E-state index in [0.717, 1.165) is 51.4 Å². The highest BCUT2D eigenvalue weighted by Gasteiger charge is 2.35. The third kappa shape index (κ3) is 19.1. The molecule has 0 aliphatic carbocycles. The first-order valence-electron chi connectivity index (χ1n) is 19.5. The number of rotatable bonds is 27. The van der Waals surface area contributed by atoms with E-state index in [0.29, 0.717) is 5.92 Å². The number of allylic oxidation sites excluding steroid dienone is 4. The number of carboxylic acid groups (broad SMARTS) is 2. The first-order chi connectivity index (χ1) is 23.4. The number of aliphatic carboxylic acids is 2. The molecule has 0 rings (SSSR count). The summed E-state index contributed by atoms with van der Waals surface area (Å²) in [6.07, 6.45) is 15.9. The fourth-order valence-electron chi connectivity index (χ4n) is 6.53. The smallest absolute Gasteiger partial charge is 0.307 e. The highest BCUT2D eigenvalue weighted by molar-refractivity contribution is 5.79. The average Bonchev–Trinajstić information content (AvgIpc) is 3.04. The molecule has 0 aliphatic rings. The monoisotopic (exact) mass is 721 g/mol. The fraction of sp³-hybridized carbons (Fsp3) is 0.814. The van der Waals surface area contributed by atoms with E-state index in [2.05, 4.69) is 82.2 Å². The van der Waals surface area contributed by atoms with Crippen molar-refractivity contribution in [1.82, 2.24) is 0 Å². The second-order valence-corrected chi connectivity index (χ2v) is 18.2. The van der Waals surface area contributed by atoms with Crippen LogP contribution in [-0.2, 0) is 28.7 Å². The molecule has 3 atom stereocenters. The first kappa shape index (κ1) is 48.4. The lowest BCUT2D eigenvalue weighted by Crippen LogP contribution is -2.30. The van der Waals surface area contributed by atoms with E-state index in [4.69, 9.17) is 9.47 Å². The van der Waals surface area contributed by atoms with Gasteiger partial charge in [0.2, 0.25) is 0 Å². The highest BCUT2D eigenvalue weighted by atomic mass is 16.5.